The van der Waals surface area contributed by atoms with Crippen LogP contribution in [0.4, 0.5) is 0 Å². The van der Waals surface area contributed by atoms with Crippen molar-refractivity contribution in [2.75, 3.05) is 6.61 Å². The molecule has 3 aromatic rings. The first-order chi connectivity index (χ1) is 12.5. The topological polar surface area (TPSA) is 27.1 Å². The highest BCUT2D eigenvalue weighted by molar-refractivity contribution is 5.76. The summed E-state index contributed by atoms with van der Waals surface area (Å²) in [6.45, 7) is 8.39. The van der Waals surface area contributed by atoms with Crippen molar-refractivity contribution in [2.24, 2.45) is 0 Å². The van der Waals surface area contributed by atoms with E-state index in [1.165, 1.54) is 29.7 Å². The van der Waals surface area contributed by atoms with Gasteiger partial charge >= 0.3 is 0 Å². The zero-order chi connectivity index (χ0) is 18.1. The van der Waals surface area contributed by atoms with Gasteiger partial charge in [0.05, 0.1) is 17.6 Å². The van der Waals surface area contributed by atoms with Crippen LogP contribution in [-0.2, 0) is 12.0 Å². The Balaban J connectivity index is 1.38. The van der Waals surface area contributed by atoms with E-state index in [0.29, 0.717) is 5.92 Å². The van der Waals surface area contributed by atoms with Gasteiger partial charge in [0.15, 0.2) is 0 Å². The summed E-state index contributed by atoms with van der Waals surface area (Å²) in [6, 6.07) is 17.0. The van der Waals surface area contributed by atoms with Gasteiger partial charge in [0, 0.05) is 12.5 Å². The van der Waals surface area contributed by atoms with Gasteiger partial charge in [-0.25, -0.2) is 4.98 Å². The van der Waals surface area contributed by atoms with Crippen LogP contribution in [0.5, 0.6) is 5.75 Å². The van der Waals surface area contributed by atoms with E-state index >= 15 is 0 Å². The number of hydrogen-bond donors (Lipinski definition) is 0. The molecule has 0 spiro atoms. The molecule has 0 aliphatic heterocycles. The first kappa shape index (κ1) is 17.1. The summed E-state index contributed by atoms with van der Waals surface area (Å²) in [5.41, 5.74) is 3.89. The lowest BCUT2D eigenvalue weighted by Gasteiger charge is -2.19. The summed E-state index contributed by atoms with van der Waals surface area (Å²) in [5, 5.41) is 0. The number of nitrogens with zero attached hydrogens (tertiary/aromatic N) is 2. The molecule has 1 aliphatic carbocycles. The maximum atomic E-state index is 5.97. The summed E-state index contributed by atoms with van der Waals surface area (Å²) in [4.78, 5) is 4.87. The van der Waals surface area contributed by atoms with Crippen LogP contribution in [0.25, 0.3) is 11.0 Å². The minimum atomic E-state index is 0.181. The first-order valence-corrected chi connectivity index (χ1v) is 9.71. The maximum Gasteiger partial charge on any atom is 0.119 e. The van der Waals surface area contributed by atoms with Gasteiger partial charge in [0.25, 0.3) is 0 Å². The lowest BCUT2D eigenvalue weighted by Crippen LogP contribution is -2.11. The fourth-order valence-corrected chi connectivity index (χ4v) is 3.45. The third-order valence-corrected chi connectivity index (χ3v) is 5.14. The van der Waals surface area contributed by atoms with Gasteiger partial charge in [-0.2, -0.15) is 0 Å². The van der Waals surface area contributed by atoms with Gasteiger partial charge < -0.3 is 9.30 Å². The molecule has 0 bridgehead atoms. The van der Waals surface area contributed by atoms with E-state index in [4.69, 9.17) is 9.72 Å². The quantitative estimate of drug-likeness (QED) is 0.536. The molecule has 26 heavy (non-hydrogen) atoms. The average molecular weight is 348 g/mol. The summed E-state index contributed by atoms with van der Waals surface area (Å²) < 4.78 is 8.37. The summed E-state index contributed by atoms with van der Waals surface area (Å²) in [6.07, 6.45) is 3.54. The predicted octanol–water partition coefficient (Wildman–Crippen LogP) is 5.68. The van der Waals surface area contributed by atoms with Crippen molar-refractivity contribution in [3.05, 3.63) is 59.9 Å². The number of aryl methyl sites for hydroxylation is 1. The Kier molecular flexibility index (Phi) is 4.47. The van der Waals surface area contributed by atoms with E-state index in [-0.39, 0.29) is 5.41 Å². The molecule has 136 valence electrons. The third kappa shape index (κ3) is 3.62. The van der Waals surface area contributed by atoms with E-state index < -0.39 is 0 Å². The molecule has 1 aromatic heterocycles. The van der Waals surface area contributed by atoms with E-state index in [2.05, 4.69) is 73.9 Å². The minimum absolute atomic E-state index is 0.181. The Hall–Kier alpha value is -2.29. The Bertz CT molecular complexity index is 883. The molecular formula is C23H28N2O. The monoisotopic (exact) mass is 348 g/mol. The SMILES string of the molecule is CC(C)(C)c1ccc(OCCCn2c(C3CC3)nc3ccccc32)cc1. The fourth-order valence-electron chi connectivity index (χ4n) is 3.45. The molecule has 0 N–H and O–H groups in total. The normalized spacial score (nSPS) is 14.7. The third-order valence-electron chi connectivity index (χ3n) is 5.14. The molecule has 1 heterocycles. The zero-order valence-corrected chi connectivity index (χ0v) is 16.0. The molecule has 0 amide bonds. The largest absolute Gasteiger partial charge is 0.494 e. The van der Waals surface area contributed by atoms with Crippen molar-refractivity contribution in [1.82, 2.24) is 9.55 Å². The Morgan fingerprint density at radius 1 is 1.04 bits per heavy atom. The first-order valence-electron chi connectivity index (χ1n) is 9.71. The molecule has 3 nitrogen and oxygen atoms in total. The maximum absolute atomic E-state index is 5.97. The molecule has 4 rings (SSSR count). The number of benzene rings is 2. The predicted molar refractivity (Wildman–Crippen MR) is 107 cm³/mol. The molecule has 1 fully saturated rings. The highest BCUT2D eigenvalue weighted by atomic mass is 16.5. The van der Waals surface area contributed by atoms with Crippen molar-refractivity contribution in [2.45, 2.75) is 57.9 Å². The highest BCUT2D eigenvalue weighted by Gasteiger charge is 2.29. The molecule has 3 heteroatoms. The van der Waals surface area contributed by atoms with Crippen LogP contribution >= 0.6 is 0 Å². The molecular weight excluding hydrogens is 320 g/mol. The van der Waals surface area contributed by atoms with Crippen LogP contribution in [-0.4, -0.2) is 16.2 Å². The smallest absolute Gasteiger partial charge is 0.119 e. The van der Waals surface area contributed by atoms with Gasteiger partial charge in [0.1, 0.15) is 11.6 Å². The van der Waals surface area contributed by atoms with E-state index in [9.17, 15) is 0 Å². The van der Waals surface area contributed by atoms with Gasteiger partial charge in [0.2, 0.25) is 0 Å². The second-order valence-electron chi connectivity index (χ2n) is 8.36. The number of fused-ring (bicyclic) bond motifs is 1. The Morgan fingerprint density at radius 3 is 2.46 bits per heavy atom. The van der Waals surface area contributed by atoms with Crippen molar-refractivity contribution in [3.63, 3.8) is 0 Å². The van der Waals surface area contributed by atoms with Gasteiger partial charge in [-0.1, -0.05) is 45.0 Å². The van der Waals surface area contributed by atoms with Gasteiger partial charge in [-0.15, -0.1) is 0 Å². The Morgan fingerprint density at radius 2 is 1.77 bits per heavy atom. The number of aromatic nitrogens is 2. The lowest BCUT2D eigenvalue weighted by molar-refractivity contribution is 0.301. The van der Waals surface area contributed by atoms with Gasteiger partial charge in [-0.3, -0.25) is 0 Å². The molecule has 0 saturated heterocycles. The molecule has 2 aromatic carbocycles. The van der Waals surface area contributed by atoms with Crippen LogP contribution in [0.3, 0.4) is 0 Å². The number of imidazole rings is 1. The van der Waals surface area contributed by atoms with Crippen LogP contribution < -0.4 is 4.74 Å². The van der Waals surface area contributed by atoms with E-state index in [1.54, 1.807) is 0 Å². The zero-order valence-electron chi connectivity index (χ0n) is 16.0. The Labute approximate surface area is 156 Å². The van der Waals surface area contributed by atoms with Crippen molar-refractivity contribution < 1.29 is 4.74 Å². The highest BCUT2D eigenvalue weighted by Crippen LogP contribution is 2.40. The summed E-state index contributed by atoms with van der Waals surface area (Å²) in [7, 11) is 0. The van der Waals surface area contributed by atoms with E-state index in [0.717, 1.165) is 30.8 Å². The second kappa shape index (κ2) is 6.79. The average Bonchev–Trinajstić information content (AvgIpc) is 3.40. The lowest BCUT2D eigenvalue weighted by atomic mass is 9.87. The number of ether oxygens (including phenoxy) is 1. The number of para-hydroxylation sites is 2. The van der Waals surface area contributed by atoms with Gasteiger partial charge in [-0.05, 0) is 54.5 Å². The van der Waals surface area contributed by atoms with Crippen LogP contribution in [0.2, 0.25) is 0 Å². The summed E-state index contributed by atoms with van der Waals surface area (Å²) >= 11 is 0. The second-order valence-corrected chi connectivity index (χ2v) is 8.36. The van der Waals surface area contributed by atoms with Crippen molar-refractivity contribution in [1.29, 1.82) is 0 Å². The molecule has 1 aliphatic rings. The number of hydrogen-bond acceptors (Lipinski definition) is 2. The van der Waals surface area contributed by atoms with Crippen LogP contribution in [0, 0.1) is 0 Å². The molecule has 0 radical (unpaired) electrons. The van der Waals surface area contributed by atoms with Crippen LogP contribution in [0.15, 0.2) is 48.5 Å². The minimum Gasteiger partial charge on any atom is -0.494 e. The number of rotatable bonds is 6. The molecule has 0 unspecified atom stereocenters. The summed E-state index contributed by atoms with van der Waals surface area (Å²) in [5.74, 6) is 2.88. The fraction of sp³-hybridized carbons (Fsp3) is 0.435. The van der Waals surface area contributed by atoms with Crippen molar-refractivity contribution >= 4 is 11.0 Å². The van der Waals surface area contributed by atoms with Crippen LogP contribution in [0.1, 0.15) is 57.3 Å². The standard InChI is InChI=1S/C23H28N2O/c1-23(2,3)18-11-13-19(14-12-18)26-16-6-15-25-21-8-5-4-7-20(21)24-22(25)17-9-10-17/h4-5,7-8,11-14,17H,6,9-10,15-16H2,1-3H3. The van der Waals surface area contributed by atoms with Crippen molar-refractivity contribution in [3.8, 4) is 5.75 Å². The molecule has 0 atom stereocenters. The molecule has 1 saturated carbocycles. The van der Waals surface area contributed by atoms with E-state index in [1.807, 2.05) is 0 Å².